The van der Waals surface area contributed by atoms with E-state index >= 15 is 0 Å². The predicted octanol–water partition coefficient (Wildman–Crippen LogP) is 3.62. The highest BCUT2D eigenvalue weighted by Gasteiger charge is 2.26. The van der Waals surface area contributed by atoms with Gasteiger partial charge >= 0.3 is 0 Å². The zero-order valence-corrected chi connectivity index (χ0v) is 13.8. The summed E-state index contributed by atoms with van der Waals surface area (Å²) < 4.78 is 0. The van der Waals surface area contributed by atoms with E-state index in [-0.39, 0.29) is 5.92 Å². The lowest BCUT2D eigenvalue weighted by molar-refractivity contribution is 0.151. The van der Waals surface area contributed by atoms with Crippen LogP contribution in [0, 0.1) is 6.92 Å². The maximum Gasteiger partial charge on any atom is 0.0962 e. The number of hydrogen-bond donors (Lipinski definition) is 2. The minimum Gasteiger partial charge on any atom is -0.387 e. The van der Waals surface area contributed by atoms with Gasteiger partial charge in [0.15, 0.2) is 0 Å². The summed E-state index contributed by atoms with van der Waals surface area (Å²) in [5, 5.41) is 10.8. The molecule has 1 aromatic heterocycles. The van der Waals surface area contributed by atoms with Gasteiger partial charge in [0, 0.05) is 28.0 Å². The van der Waals surface area contributed by atoms with E-state index in [2.05, 4.69) is 25.1 Å². The number of fused-ring (bicyclic) bond motifs is 1. The highest BCUT2D eigenvalue weighted by molar-refractivity contribution is 7.98. The molecule has 2 unspecified atom stereocenters. The molecular formula is C17H21NOS2. The minimum atomic E-state index is -0.503. The average Bonchev–Trinajstić information content (AvgIpc) is 2.93. The third kappa shape index (κ3) is 3.04. The van der Waals surface area contributed by atoms with E-state index < -0.39 is 6.10 Å². The van der Waals surface area contributed by atoms with Crippen molar-refractivity contribution in [1.82, 2.24) is 0 Å². The van der Waals surface area contributed by atoms with Crippen molar-refractivity contribution in [2.75, 3.05) is 12.3 Å². The van der Waals surface area contributed by atoms with Gasteiger partial charge in [0.05, 0.1) is 6.10 Å². The van der Waals surface area contributed by atoms with Gasteiger partial charge in [-0.1, -0.05) is 24.3 Å². The fraction of sp³-hybridized carbons (Fsp3) is 0.412. The van der Waals surface area contributed by atoms with E-state index in [9.17, 15) is 5.11 Å². The van der Waals surface area contributed by atoms with Gasteiger partial charge in [0.2, 0.25) is 0 Å². The van der Waals surface area contributed by atoms with E-state index in [1.165, 1.54) is 21.8 Å². The number of rotatable bonds is 4. The first-order valence-corrected chi connectivity index (χ1v) is 9.30. The molecule has 0 saturated carbocycles. The molecule has 2 heterocycles. The molecule has 0 aliphatic carbocycles. The summed E-state index contributed by atoms with van der Waals surface area (Å²) in [4.78, 5) is 2.52. The van der Waals surface area contributed by atoms with Crippen molar-refractivity contribution in [3.8, 4) is 0 Å². The quantitative estimate of drug-likeness (QED) is 0.905. The number of aliphatic hydroxyl groups is 1. The molecule has 0 spiro atoms. The standard InChI is InChI=1S/C17H21NOS2/c1-11-4-2-3-5-13(11)14(9-18)17(19)16-8-12-10-20-7-6-15(12)21-16/h2-5,8,14,17,19H,6-7,9-10,18H2,1H3. The Labute approximate surface area is 134 Å². The number of benzene rings is 1. The Morgan fingerprint density at radius 2 is 2.14 bits per heavy atom. The van der Waals surface area contributed by atoms with Gasteiger partial charge in [-0.15, -0.1) is 11.3 Å². The Morgan fingerprint density at radius 3 is 2.86 bits per heavy atom. The van der Waals surface area contributed by atoms with Crippen LogP contribution in [-0.4, -0.2) is 17.4 Å². The molecule has 0 amide bonds. The lowest BCUT2D eigenvalue weighted by Gasteiger charge is -2.22. The fourth-order valence-corrected chi connectivity index (χ4v) is 5.37. The van der Waals surface area contributed by atoms with Gasteiger partial charge < -0.3 is 10.8 Å². The van der Waals surface area contributed by atoms with Gasteiger partial charge in [-0.25, -0.2) is 0 Å². The van der Waals surface area contributed by atoms with E-state index in [1.54, 1.807) is 11.3 Å². The molecule has 0 fully saturated rings. The van der Waals surface area contributed by atoms with Crippen LogP contribution in [0.1, 0.15) is 38.5 Å². The number of hydrogen-bond acceptors (Lipinski definition) is 4. The number of thiophene rings is 1. The third-order valence-electron chi connectivity index (χ3n) is 4.16. The molecule has 1 aliphatic heterocycles. The lowest BCUT2D eigenvalue weighted by Crippen LogP contribution is -2.20. The van der Waals surface area contributed by atoms with E-state index in [4.69, 9.17) is 5.73 Å². The largest absolute Gasteiger partial charge is 0.387 e. The number of aryl methyl sites for hydroxylation is 2. The highest BCUT2D eigenvalue weighted by Crippen LogP contribution is 2.39. The normalized spacial score (nSPS) is 17.3. The molecule has 2 nitrogen and oxygen atoms in total. The maximum atomic E-state index is 10.8. The number of nitrogens with two attached hydrogens (primary N) is 1. The van der Waals surface area contributed by atoms with E-state index in [0.29, 0.717) is 6.54 Å². The first-order chi connectivity index (χ1) is 10.2. The SMILES string of the molecule is Cc1ccccc1C(CN)C(O)c1cc2c(s1)CCSC2. The fourth-order valence-electron chi connectivity index (χ4n) is 2.94. The maximum absolute atomic E-state index is 10.8. The Balaban J connectivity index is 1.90. The Bertz CT molecular complexity index is 600. The average molecular weight is 319 g/mol. The second-order valence-electron chi connectivity index (χ2n) is 5.54. The van der Waals surface area contributed by atoms with Gasteiger partial charge in [0.25, 0.3) is 0 Å². The molecule has 3 N–H and O–H groups in total. The van der Waals surface area contributed by atoms with Crippen LogP contribution in [0.15, 0.2) is 30.3 Å². The summed E-state index contributed by atoms with van der Waals surface area (Å²) in [5.74, 6) is 2.25. The first kappa shape index (κ1) is 15.1. The highest BCUT2D eigenvalue weighted by atomic mass is 32.2. The second-order valence-corrected chi connectivity index (χ2v) is 7.82. The van der Waals surface area contributed by atoms with Crippen LogP contribution < -0.4 is 5.73 Å². The summed E-state index contributed by atoms with van der Waals surface area (Å²) in [5.41, 5.74) is 9.74. The van der Waals surface area contributed by atoms with Gasteiger partial charge in [-0.05, 0) is 41.9 Å². The molecule has 0 radical (unpaired) electrons. The van der Waals surface area contributed by atoms with Crippen LogP contribution in [0.4, 0.5) is 0 Å². The van der Waals surface area contributed by atoms with Gasteiger partial charge in [0.1, 0.15) is 0 Å². The van der Waals surface area contributed by atoms with Crippen molar-refractivity contribution in [3.05, 3.63) is 56.8 Å². The molecule has 1 aromatic carbocycles. The Kier molecular flexibility index (Phi) is 4.69. The van der Waals surface area contributed by atoms with Crippen LogP contribution in [0.2, 0.25) is 0 Å². The van der Waals surface area contributed by atoms with Gasteiger partial charge in [-0.3, -0.25) is 0 Å². The minimum absolute atomic E-state index is 0.0287. The van der Waals surface area contributed by atoms with E-state index in [0.717, 1.165) is 22.6 Å². The Morgan fingerprint density at radius 1 is 1.33 bits per heavy atom. The molecule has 0 saturated heterocycles. The number of aliphatic hydroxyl groups excluding tert-OH is 1. The van der Waals surface area contributed by atoms with Crippen molar-refractivity contribution in [1.29, 1.82) is 0 Å². The monoisotopic (exact) mass is 319 g/mol. The van der Waals surface area contributed by atoms with Crippen LogP contribution in [-0.2, 0) is 12.2 Å². The molecule has 4 heteroatoms. The molecule has 0 bridgehead atoms. The smallest absolute Gasteiger partial charge is 0.0962 e. The topological polar surface area (TPSA) is 46.2 Å². The Hall–Kier alpha value is -0.810. The first-order valence-electron chi connectivity index (χ1n) is 7.33. The second kappa shape index (κ2) is 6.53. The van der Waals surface area contributed by atoms with Gasteiger partial charge in [-0.2, -0.15) is 11.8 Å². The molecule has 3 rings (SSSR count). The van der Waals surface area contributed by atoms with E-state index in [1.807, 2.05) is 23.9 Å². The van der Waals surface area contributed by atoms with Crippen molar-refractivity contribution in [2.45, 2.75) is 31.1 Å². The molecule has 2 aromatic rings. The number of thioether (sulfide) groups is 1. The van der Waals surface area contributed by atoms with Crippen LogP contribution >= 0.6 is 23.1 Å². The predicted molar refractivity (Wildman–Crippen MR) is 92.1 cm³/mol. The van der Waals surface area contributed by atoms with Crippen molar-refractivity contribution in [3.63, 3.8) is 0 Å². The summed E-state index contributed by atoms with van der Waals surface area (Å²) in [6, 6.07) is 10.4. The molecular weight excluding hydrogens is 298 g/mol. The summed E-state index contributed by atoms with van der Waals surface area (Å²) in [6.45, 7) is 2.55. The molecule has 112 valence electrons. The van der Waals surface area contributed by atoms with Crippen molar-refractivity contribution < 1.29 is 5.11 Å². The molecule has 1 aliphatic rings. The lowest BCUT2D eigenvalue weighted by atomic mass is 9.89. The van der Waals surface area contributed by atoms with Crippen molar-refractivity contribution >= 4 is 23.1 Å². The summed E-state index contributed by atoms with van der Waals surface area (Å²) in [6.07, 6.45) is 0.631. The third-order valence-corrected chi connectivity index (χ3v) is 6.48. The van der Waals surface area contributed by atoms with Crippen LogP contribution in [0.5, 0.6) is 0 Å². The zero-order valence-electron chi connectivity index (χ0n) is 12.2. The molecule has 2 atom stereocenters. The molecule has 21 heavy (non-hydrogen) atoms. The summed E-state index contributed by atoms with van der Waals surface area (Å²) >= 11 is 3.74. The summed E-state index contributed by atoms with van der Waals surface area (Å²) in [7, 11) is 0. The zero-order chi connectivity index (χ0) is 14.8. The van der Waals surface area contributed by atoms with Crippen LogP contribution in [0.25, 0.3) is 0 Å². The van der Waals surface area contributed by atoms with Crippen molar-refractivity contribution in [2.24, 2.45) is 5.73 Å². The van der Waals surface area contributed by atoms with Crippen LogP contribution in [0.3, 0.4) is 0 Å².